The Morgan fingerprint density at radius 3 is 2.04 bits per heavy atom. The van der Waals surface area contributed by atoms with E-state index in [1.54, 1.807) is 42.5 Å². The van der Waals surface area contributed by atoms with Gasteiger partial charge in [0.25, 0.3) is 10.0 Å². The van der Waals surface area contributed by atoms with E-state index >= 15 is 0 Å². The van der Waals surface area contributed by atoms with Gasteiger partial charge in [-0.25, -0.2) is 8.42 Å². The zero-order chi connectivity index (χ0) is 18.7. The lowest BCUT2D eigenvalue weighted by Crippen LogP contribution is -2.34. The summed E-state index contributed by atoms with van der Waals surface area (Å²) in [5, 5.41) is 0. The molecule has 2 rings (SSSR count). The second-order valence-electron chi connectivity index (χ2n) is 6.90. The molecule has 2 aromatic rings. The minimum atomic E-state index is -3.79. The van der Waals surface area contributed by atoms with Crippen molar-refractivity contribution in [3.8, 4) is 0 Å². The van der Waals surface area contributed by atoms with Gasteiger partial charge in [-0.2, -0.15) is 0 Å². The van der Waals surface area contributed by atoms with Crippen molar-refractivity contribution in [1.29, 1.82) is 0 Å². The van der Waals surface area contributed by atoms with Crippen LogP contribution in [0.25, 0.3) is 0 Å². The molecule has 0 unspecified atom stereocenters. The first-order chi connectivity index (χ1) is 11.6. The number of amides is 1. The average Bonchev–Trinajstić information content (AvgIpc) is 2.55. The molecule has 0 aliphatic carbocycles. The zero-order valence-corrected chi connectivity index (χ0v) is 15.6. The molecule has 2 aromatic carbocycles. The lowest BCUT2D eigenvalue weighted by atomic mass is 9.87. The number of carbonyl (C=O) groups is 1. The van der Waals surface area contributed by atoms with Gasteiger partial charge in [0, 0.05) is 13.0 Å². The number of anilines is 1. The highest BCUT2D eigenvalue weighted by Gasteiger charge is 2.25. The third-order valence-electron chi connectivity index (χ3n) is 3.91. The van der Waals surface area contributed by atoms with E-state index in [0.29, 0.717) is 5.69 Å². The molecule has 0 saturated carbocycles. The van der Waals surface area contributed by atoms with Crippen LogP contribution >= 0.6 is 0 Å². The maximum Gasteiger partial charge on any atom is 0.264 e. The second kappa shape index (κ2) is 7.27. The van der Waals surface area contributed by atoms with Gasteiger partial charge in [-0.15, -0.1) is 0 Å². The van der Waals surface area contributed by atoms with Crippen LogP contribution in [0, 0.1) is 0 Å². The van der Waals surface area contributed by atoms with Gasteiger partial charge < -0.3 is 5.73 Å². The van der Waals surface area contributed by atoms with Crippen LogP contribution in [0.1, 0.15) is 32.8 Å². The summed E-state index contributed by atoms with van der Waals surface area (Å²) in [6, 6.07) is 15.6. The summed E-state index contributed by atoms with van der Waals surface area (Å²) in [4.78, 5) is 11.3. The van der Waals surface area contributed by atoms with Gasteiger partial charge in [0.05, 0.1) is 10.6 Å². The molecule has 0 bridgehead atoms. The molecule has 0 aromatic heterocycles. The van der Waals surface area contributed by atoms with Crippen molar-refractivity contribution < 1.29 is 13.2 Å². The molecule has 25 heavy (non-hydrogen) atoms. The Morgan fingerprint density at radius 2 is 1.56 bits per heavy atom. The van der Waals surface area contributed by atoms with Crippen LogP contribution in [0.15, 0.2) is 59.5 Å². The lowest BCUT2D eigenvalue weighted by molar-refractivity contribution is -0.117. The minimum Gasteiger partial charge on any atom is -0.370 e. The maximum absolute atomic E-state index is 13.1. The van der Waals surface area contributed by atoms with Crippen LogP contribution in [-0.2, 0) is 20.2 Å². The molecule has 1 amide bonds. The fraction of sp³-hybridized carbons (Fsp3) is 0.316. The van der Waals surface area contributed by atoms with Crippen LogP contribution in [-0.4, -0.2) is 20.9 Å². The number of sulfonamides is 1. The van der Waals surface area contributed by atoms with Gasteiger partial charge in [-0.1, -0.05) is 51.1 Å². The molecule has 0 atom stereocenters. The Morgan fingerprint density at radius 1 is 1.00 bits per heavy atom. The Kier molecular flexibility index (Phi) is 5.52. The minimum absolute atomic E-state index is 0.00268. The lowest BCUT2D eigenvalue weighted by Gasteiger charge is -2.25. The van der Waals surface area contributed by atoms with Crippen LogP contribution in [0.3, 0.4) is 0 Å². The summed E-state index contributed by atoms with van der Waals surface area (Å²) in [5.41, 5.74) is 6.70. The van der Waals surface area contributed by atoms with Crippen molar-refractivity contribution in [2.45, 2.75) is 37.5 Å². The van der Waals surface area contributed by atoms with E-state index in [1.165, 1.54) is 4.31 Å². The highest BCUT2D eigenvalue weighted by molar-refractivity contribution is 7.92. The second-order valence-corrected chi connectivity index (χ2v) is 8.77. The molecule has 5 nitrogen and oxygen atoms in total. The van der Waals surface area contributed by atoms with Crippen molar-refractivity contribution in [2.75, 3.05) is 10.8 Å². The van der Waals surface area contributed by atoms with E-state index in [9.17, 15) is 13.2 Å². The molecule has 0 fully saturated rings. The SMILES string of the molecule is CC(C)(C)c1ccc(S(=O)(=O)N(CCC(N)=O)c2ccccc2)cc1. The average molecular weight is 360 g/mol. The predicted molar refractivity (Wildman–Crippen MR) is 99.9 cm³/mol. The highest BCUT2D eigenvalue weighted by atomic mass is 32.2. The Labute approximate surface area is 149 Å². The van der Waals surface area contributed by atoms with Crippen molar-refractivity contribution in [1.82, 2.24) is 0 Å². The quantitative estimate of drug-likeness (QED) is 0.860. The molecule has 0 radical (unpaired) electrons. The molecule has 0 spiro atoms. The standard InChI is InChI=1S/C19H24N2O3S/c1-19(2,3)15-9-11-17(12-10-15)25(23,24)21(14-13-18(20)22)16-7-5-4-6-8-16/h4-12H,13-14H2,1-3H3,(H2,20,22). The van der Waals surface area contributed by atoms with Crippen molar-refractivity contribution in [3.63, 3.8) is 0 Å². The molecule has 0 aliphatic rings. The predicted octanol–water partition coefficient (Wildman–Crippen LogP) is 3.05. The summed E-state index contributed by atoms with van der Waals surface area (Å²) in [6.07, 6.45) is -0.0474. The molecule has 2 N–H and O–H groups in total. The molecular formula is C19H24N2O3S. The van der Waals surface area contributed by atoms with Crippen molar-refractivity contribution in [3.05, 3.63) is 60.2 Å². The third kappa shape index (κ3) is 4.60. The van der Waals surface area contributed by atoms with E-state index in [2.05, 4.69) is 20.8 Å². The van der Waals surface area contributed by atoms with Gasteiger partial charge in [-0.3, -0.25) is 9.10 Å². The monoisotopic (exact) mass is 360 g/mol. The smallest absolute Gasteiger partial charge is 0.264 e. The summed E-state index contributed by atoms with van der Waals surface area (Å²) in [7, 11) is -3.79. The topological polar surface area (TPSA) is 80.5 Å². The molecule has 6 heteroatoms. The molecule has 0 heterocycles. The van der Waals surface area contributed by atoms with E-state index < -0.39 is 15.9 Å². The van der Waals surface area contributed by atoms with Gasteiger partial charge in [0.1, 0.15) is 0 Å². The van der Waals surface area contributed by atoms with E-state index in [0.717, 1.165) is 5.56 Å². The Hall–Kier alpha value is -2.34. The number of hydrogen-bond acceptors (Lipinski definition) is 3. The first-order valence-electron chi connectivity index (χ1n) is 8.09. The van der Waals surface area contributed by atoms with Gasteiger partial charge in [0.15, 0.2) is 0 Å². The third-order valence-corrected chi connectivity index (χ3v) is 5.76. The van der Waals surface area contributed by atoms with Crippen LogP contribution in [0.5, 0.6) is 0 Å². The van der Waals surface area contributed by atoms with Crippen LogP contribution in [0.2, 0.25) is 0 Å². The number of benzene rings is 2. The van der Waals surface area contributed by atoms with E-state index in [-0.39, 0.29) is 23.3 Å². The fourth-order valence-corrected chi connectivity index (χ4v) is 3.91. The fourth-order valence-electron chi connectivity index (χ4n) is 2.45. The number of nitrogens with zero attached hydrogens (tertiary/aromatic N) is 1. The van der Waals surface area contributed by atoms with Gasteiger partial charge in [0.2, 0.25) is 5.91 Å². The van der Waals surface area contributed by atoms with Crippen LogP contribution in [0.4, 0.5) is 5.69 Å². The Balaban J connectivity index is 2.42. The maximum atomic E-state index is 13.1. The number of para-hydroxylation sites is 1. The number of primary amides is 1. The van der Waals surface area contributed by atoms with Crippen molar-refractivity contribution >= 4 is 21.6 Å². The largest absolute Gasteiger partial charge is 0.370 e. The van der Waals surface area contributed by atoms with E-state index in [4.69, 9.17) is 5.73 Å². The van der Waals surface area contributed by atoms with E-state index in [1.807, 2.05) is 12.1 Å². The Bertz CT molecular complexity index is 823. The van der Waals surface area contributed by atoms with Crippen molar-refractivity contribution in [2.24, 2.45) is 5.73 Å². The highest BCUT2D eigenvalue weighted by Crippen LogP contribution is 2.27. The molecule has 0 saturated heterocycles. The first-order valence-corrected chi connectivity index (χ1v) is 9.53. The normalized spacial score (nSPS) is 12.0. The summed E-state index contributed by atoms with van der Waals surface area (Å²) in [5.74, 6) is -0.542. The van der Waals surface area contributed by atoms with Gasteiger partial charge in [-0.05, 0) is 35.2 Å². The summed E-state index contributed by atoms with van der Waals surface area (Å²) >= 11 is 0. The number of hydrogen-bond donors (Lipinski definition) is 1. The molecule has 0 aliphatic heterocycles. The van der Waals surface area contributed by atoms with Crippen LogP contribution < -0.4 is 10.0 Å². The zero-order valence-electron chi connectivity index (χ0n) is 14.8. The molecular weight excluding hydrogens is 336 g/mol. The first kappa shape index (κ1) is 19.0. The molecule has 134 valence electrons. The number of rotatable bonds is 6. The number of carbonyl (C=O) groups excluding carboxylic acids is 1. The van der Waals surface area contributed by atoms with Gasteiger partial charge >= 0.3 is 0 Å². The summed E-state index contributed by atoms with van der Waals surface area (Å²) < 4.78 is 27.4. The number of nitrogens with two attached hydrogens (primary N) is 1. The summed E-state index contributed by atoms with van der Waals surface area (Å²) in [6.45, 7) is 6.21.